The third kappa shape index (κ3) is 3.01. The second-order valence-electron chi connectivity index (χ2n) is 5.74. The van der Waals surface area contributed by atoms with E-state index in [9.17, 15) is 0 Å². The van der Waals surface area contributed by atoms with Gasteiger partial charge in [-0.3, -0.25) is 0 Å². The molecule has 20 heavy (non-hydrogen) atoms. The second kappa shape index (κ2) is 6.62. The van der Waals surface area contributed by atoms with Crippen LogP contribution in [-0.2, 0) is 0 Å². The number of nitrogens with zero attached hydrogens (tertiary/aromatic N) is 2. The minimum Gasteiger partial charge on any atom is -0.324 e. The summed E-state index contributed by atoms with van der Waals surface area (Å²) in [5.41, 5.74) is 3.59. The van der Waals surface area contributed by atoms with Gasteiger partial charge < -0.3 is 4.57 Å². The molecule has 0 saturated carbocycles. The molecule has 1 heterocycles. The molecule has 2 aromatic rings. The van der Waals surface area contributed by atoms with Crippen LogP contribution in [0.4, 0.5) is 0 Å². The van der Waals surface area contributed by atoms with Gasteiger partial charge >= 0.3 is 0 Å². The first kappa shape index (κ1) is 15.4. The van der Waals surface area contributed by atoms with Crippen molar-refractivity contribution in [3.8, 4) is 0 Å². The van der Waals surface area contributed by atoms with Crippen molar-refractivity contribution in [1.29, 1.82) is 0 Å². The number of fused-ring (bicyclic) bond motifs is 1. The first-order valence-corrected chi connectivity index (χ1v) is 8.11. The van der Waals surface area contributed by atoms with Crippen molar-refractivity contribution in [3.63, 3.8) is 0 Å². The van der Waals surface area contributed by atoms with Crippen molar-refractivity contribution in [3.05, 3.63) is 29.6 Å². The van der Waals surface area contributed by atoms with Crippen LogP contribution < -0.4 is 0 Å². The number of imidazole rings is 1. The summed E-state index contributed by atoms with van der Waals surface area (Å²) in [6.45, 7) is 8.69. The van der Waals surface area contributed by atoms with Crippen LogP contribution in [0.25, 0.3) is 11.0 Å². The van der Waals surface area contributed by atoms with Gasteiger partial charge in [-0.25, -0.2) is 4.98 Å². The fourth-order valence-electron chi connectivity index (χ4n) is 2.88. The summed E-state index contributed by atoms with van der Waals surface area (Å²) in [5, 5.41) is -0.0598. The molecule has 3 heteroatoms. The van der Waals surface area contributed by atoms with Crippen molar-refractivity contribution in [2.45, 2.75) is 64.8 Å². The summed E-state index contributed by atoms with van der Waals surface area (Å²) in [6.07, 6.45) is 5.00. The molecule has 0 aliphatic carbocycles. The Bertz CT molecular complexity index is 572. The molecule has 110 valence electrons. The number of benzene rings is 1. The summed E-state index contributed by atoms with van der Waals surface area (Å²) in [7, 11) is 0. The van der Waals surface area contributed by atoms with E-state index in [1.54, 1.807) is 0 Å². The van der Waals surface area contributed by atoms with E-state index in [2.05, 4.69) is 43.5 Å². The van der Waals surface area contributed by atoms with Gasteiger partial charge in [-0.15, -0.1) is 11.6 Å². The molecule has 2 atom stereocenters. The molecule has 0 saturated heterocycles. The van der Waals surface area contributed by atoms with Gasteiger partial charge in [0.05, 0.1) is 16.4 Å². The van der Waals surface area contributed by atoms with Crippen LogP contribution in [0.1, 0.15) is 69.3 Å². The summed E-state index contributed by atoms with van der Waals surface area (Å²) in [5.74, 6) is 1.000. The highest BCUT2D eigenvalue weighted by molar-refractivity contribution is 6.20. The Morgan fingerprint density at radius 2 is 2.00 bits per heavy atom. The summed E-state index contributed by atoms with van der Waals surface area (Å²) >= 11 is 6.35. The van der Waals surface area contributed by atoms with E-state index >= 15 is 0 Å². The first-order valence-electron chi connectivity index (χ1n) is 7.67. The highest BCUT2D eigenvalue weighted by Crippen LogP contribution is 2.31. The van der Waals surface area contributed by atoms with E-state index in [0.717, 1.165) is 11.3 Å². The molecule has 0 bridgehead atoms. The normalized spacial score (nSPS) is 14.7. The topological polar surface area (TPSA) is 17.8 Å². The Kier molecular flexibility index (Phi) is 5.09. The van der Waals surface area contributed by atoms with Gasteiger partial charge in [-0.2, -0.15) is 0 Å². The molecule has 0 spiro atoms. The number of hydrogen-bond acceptors (Lipinski definition) is 1. The predicted molar refractivity (Wildman–Crippen MR) is 87.6 cm³/mol. The Hall–Kier alpha value is -1.02. The van der Waals surface area contributed by atoms with Crippen molar-refractivity contribution >= 4 is 22.6 Å². The van der Waals surface area contributed by atoms with Crippen LogP contribution in [-0.4, -0.2) is 9.55 Å². The van der Waals surface area contributed by atoms with E-state index in [-0.39, 0.29) is 5.38 Å². The maximum absolute atomic E-state index is 6.35. The third-order valence-electron chi connectivity index (χ3n) is 3.96. The highest BCUT2D eigenvalue weighted by atomic mass is 35.5. The fourth-order valence-corrected chi connectivity index (χ4v) is 3.04. The highest BCUT2D eigenvalue weighted by Gasteiger charge is 2.19. The average molecular weight is 293 g/mol. The van der Waals surface area contributed by atoms with Gasteiger partial charge in [-0.1, -0.05) is 38.3 Å². The van der Waals surface area contributed by atoms with Gasteiger partial charge in [0, 0.05) is 6.04 Å². The monoisotopic (exact) mass is 292 g/mol. The molecular weight excluding hydrogens is 268 g/mol. The lowest BCUT2D eigenvalue weighted by molar-refractivity contribution is 0.472. The van der Waals surface area contributed by atoms with Gasteiger partial charge in [0.2, 0.25) is 0 Å². The zero-order valence-electron chi connectivity index (χ0n) is 13.0. The largest absolute Gasteiger partial charge is 0.324 e. The molecule has 1 aromatic heterocycles. The summed E-state index contributed by atoms with van der Waals surface area (Å²) in [4.78, 5) is 4.75. The molecule has 0 aliphatic heterocycles. The lowest BCUT2D eigenvalue weighted by Crippen LogP contribution is -2.10. The van der Waals surface area contributed by atoms with Crippen LogP contribution in [0.3, 0.4) is 0 Å². The lowest BCUT2D eigenvalue weighted by atomic mass is 10.1. The molecule has 0 fully saturated rings. The molecule has 0 radical (unpaired) electrons. The molecule has 0 amide bonds. The van der Waals surface area contributed by atoms with Gasteiger partial charge in [-0.05, 0) is 38.8 Å². The number of rotatable bonds is 6. The van der Waals surface area contributed by atoms with Crippen LogP contribution >= 0.6 is 11.6 Å². The summed E-state index contributed by atoms with van der Waals surface area (Å²) < 4.78 is 2.36. The molecule has 2 rings (SSSR count). The lowest BCUT2D eigenvalue weighted by Gasteiger charge is -2.19. The first-order chi connectivity index (χ1) is 9.56. The number of aromatic nitrogens is 2. The van der Waals surface area contributed by atoms with E-state index in [0.29, 0.717) is 6.04 Å². The van der Waals surface area contributed by atoms with Gasteiger partial charge in [0.1, 0.15) is 5.82 Å². The molecular formula is C17H25ClN2. The van der Waals surface area contributed by atoms with E-state index in [4.69, 9.17) is 16.6 Å². The van der Waals surface area contributed by atoms with Crippen LogP contribution in [0.15, 0.2) is 18.2 Å². The van der Waals surface area contributed by atoms with Crippen molar-refractivity contribution in [2.75, 3.05) is 0 Å². The van der Waals surface area contributed by atoms with Crippen LogP contribution in [0, 0.1) is 6.92 Å². The van der Waals surface area contributed by atoms with Gasteiger partial charge in [0.15, 0.2) is 0 Å². The maximum Gasteiger partial charge on any atom is 0.127 e. The molecule has 0 N–H and O–H groups in total. The zero-order valence-corrected chi connectivity index (χ0v) is 13.7. The Morgan fingerprint density at radius 3 is 2.65 bits per heavy atom. The SMILES string of the molecule is CCCCCC(C)n1c(C(C)Cl)nc2cccc(C)c21. The smallest absolute Gasteiger partial charge is 0.127 e. The Morgan fingerprint density at radius 1 is 1.25 bits per heavy atom. The Labute approximate surface area is 127 Å². The van der Waals surface area contributed by atoms with E-state index < -0.39 is 0 Å². The minimum absolute atomic E-state index is 0.0598. The second-order valence-corrected chi connectivity index (χ2v) is 6.40. The van der Waals surface area contributed by atoms with Gasteiger partial charge in [0.25, 0.3) is 0 Å². The predicted octanol–water partition coefficient (Wildman–Crippen LogP) is 5.79. The maximum atomic E-state index is 6.35. The standard InChI is InChI=1S/C17H25ClN2/c1-5-6-7-10-13(3)20-16-12(2)9-8-11-15(16)19-17(20)14(4)18/h8-9,11,13-14H,5-7,10H2,1-4H3. The Balaban J connectivity index is 2.45. The van der Waals surface area contributed by atoms with Crippen molar-refractivity contribution in [1.82, 2.24) is 9.55 Å². The summed E-state index contributed by atoms with van der Waals surface area (Å²) in [6, 6.07) is 6.76. The minimum atomic E-state index is -0.0598. The number of unbranched alkanes of at least 4 members (excludes halogenated alkanes) is 2. The molecule has 0 aliphatic rings. The molecule has 1 aromatic carbocycles. The molecule has 2 unspecified atom stereocenters. The van der Waals surface area contributed by atoms with Crippen molar-refractivity contribution < 1.29 is 0 Å². The zero-order chi connectivity index (χ0) is 14.7. The third-order valence-corrected chi connectivity index (χ3v) is 4.16. The number of aryl methyl sites for hydroxylation is 1. The van der Waals surface area contributed by atoms with E-state index in [1.165, 1.54) is 36.8 Å². The van der Waals surface area contributed by atoms with Crippen molar-refractivity contribution in [2.24, 2.45) is 0 Å². The molecule has 2 nitrogen and oxygen atoms in total. The average Bonchev–Trinajstić information content (AvgIpc) is 2.80. The fraction of sp³-hybridized carbons (Fsp3) is 0.588. The quantitative estimate of drug-likeness (QED) is 0.487. The number of hydrogen-bond donors (Lipinski definition) is 0. The van der Waals surface area contributed by atoms with E-state index in [1.807, 2.05) is 6.92 Å². The number of halogens is 1. The number of para-hydroxylation sites is 1. The van der Waals surface area contributed by atoms with Crippen LogP contribution in [0.2, 0.25) is 0 Å². The number of alkyl halides is 1. The van der Waals surface area contributed by atoms with Crippen LogP contribution in [0.5, 0.6) is 0 Å².